The van der Waals surface area contributed by atoms with Crippen LogP contribution in [-0.2, 0) is 16.0 Å². The van der Waals surface area contributed by atoms with Gasteiger partial charge in [-0.1, -0.05) is 83.3 Å². The zero-order valence-electron chi connectivity index (χ0n) is 19.0. The third-order valence-corrected chi connectivity index (χ3v) is 6.09. The SMILES string of the molecule is CCCCCCCCC1OC1CCCCCCCC(=O)NCCc1ccc(O)cc1. The summed E-state index contributed by atoms with van der Waals surface area (Å²) in [5.74, 6) is 0.429. The van der Waals surface area contributed by atoms with Crippen LogP contribution in [0.3, 0.4) is 0 Å². The van der Waals surface area contributed by atoms with Gasteiger partial charge in [-0.25, -0.2) is 0 Å². The van der Waals surface area contributed by atoms with Gasteiger partial charge in [0.1, 0.15) is 5.75 Å². The molecule has 0 bridgehead atoms. The van der Waals surface area contributed by atoms with E-state index in [0.717, 1.165) is 24.8 Å². The first-order chi connectivity index (χ1) is 14.7. The Bertz CT molecular complexity index is 572. The Balaban J connectivity index is 1.32. The molecule has 0 spiro atoms. The van der Waals surface area contributed by atoms with Crippen LogP contribution in [0.5, 0.6) is 5.75 Å². The normalized spacial score (nSPS) is 17.8. The van der Waals surface area contributed by atoms with E-state index in [1.54, 1.807) is 12.1 Å². The van der Waals surface area contributed by atoms with Gasteiger partial charge in [0.05, 0.1) is 12.2 Å². The number of hydrogen-bond acceptors (Lipinski definition) is 3. The number of hydrogen-bond donors (Lipinski definition) is 2. The van der Waals surface area contributed by atoms with Crippen LogP contribution in [0.15, 0.2) is 24.3 Å². The van der Waals surface area contributed by atoms with Crippen LogP contribution >= 0.6 is 0 Å². The molecule has 1 saturated heterocycles. The third kappa shape index (κ3) is 11.6. The second-order valence-electron chi connectivity index (χ2n) is 8.84. The highest BCUT2D eigenvalue weighted by atomic mass is 16.6. The summed E-state index contributed by atoms with van der Waals surface area (Å²) in [5.41, 5.74) is 1.13. The van der Waals surface area contributed by atoms with Gasteiger partial charge in [0.25, 0.3) is 0 Å². The molecule has 2 rings (SSSR count). The Hall–Kier alpha value is -1.55. The van der Waals surface area contributed by atoms with Crippen molar-refractivity contribution in [2.75, 3.05) is 6.54 Å². The highest BCUT2D eigenvalue weighted by molar-refractivity contribution is 5.75. The van der Waals surface area contributed by atoms with Crippen LogP contribution in [-0.4, -0.2) is 29.8 Å². The van der Waals surface area contributed by atoms with Crippen LogP contribution in [0, 0.1) is 0 Å². The minimum Gasteiger partial charge on any atom is -0.508 e. The minimum atomic E-state index is 0.151. The van der Waals surface area contributed by atoms with Crippen molar-refractivity contribution in [2.24, 2.45) is 0 Å². The molecule has 1 fully saturated rings. The maximum atomic E-state index is 11.9. The Kier molecular flexibility index (Phi) is 12.6. The average molecular weight is 418 g/mol. The van der Waals surface area contributed by atoms with Gasteiger partial charge in [0.2, 0.25) is 5.91 Å². The predicted octanol–water partition coefficient (Wildman–Crippen LogP) is 6.30. The van der Waals surface area contributed by atoms with Crippen LogP contribution < -0.4 is 5.32 Å². The van der Waals surface area contributed by atoms with Gasteiger partial charge >= 0.3 is 0 Å². The first-order valence-electron chi connectivity index (χ1n) is 12.4. The highest BCUT2D eigenvalue weighted by Gasteiger charge is 2.36. The first-order valence-corrected chi connectivity index (χ1v) is 12.4. The summed E-state index contributed by atoms with van der Waals surface area (Å²) in [6.07, 6.45) is 19.1. The standard InChI is InChI=1S/C26H43NO3/c1-2-3-4-5-7-10-13-24-25(30-24)14-11-8-6-9-12-15-26(29)27-21-20-22-16-18-23(28)19-17-22/h16-19,24-25,28H,2-15,20-21H2,1H3,(H,27,29). The van der Waals surface area contributed by atoms with Crippen LogP contribution in [0.4, 0.5) is 0 Å². The van der Waals surface area contributed by atoms with Crippen molar-refractivity contribution < 1.29 is 14.6 Å². The number of aromatic hydroxyl groups is 1. The van der Waals surface area contributed by atoms with Gasteiger partial charge in [-0.2, -0.15) is 0 Å². The molecule has 30 heavy (non-hydrogen) atoms. The number of nitrogens with one attached hydrogen (secondary N) is 1. The summed E-state index contributed by atoms with van der Waals surface area (Å²) >= 11 is 0. The molecule has 1 aromatic carbocycles. The van der Waals surface area contributed by atoms with E-state index in [0.29, 0.717) is 25.2 Å². The number of carbonyl (C=O) groups excluding carboxylic acids is 1. The Morgan fingerprint density at radius 3 is 2.07 bits per heavy atom. The van der Waals surface area contributed by atoms with E-state index in [4.69, 9.17) is 4.74 Å². The van der Waals surface area contributed by atoms with Crippen molar-refractivity contribution in [3.8, 4) is 5.75 Å². The number of phenolic OH excluding ortho intramolecular Hbond substituents is 1. The quantitative estimate of drug-likeness (QED) is 0.218. The van der Waals surface area contributed by atoms with E-state index in [1.807, 2.05) is 12.1 Å². The fourth-order valence-electron chi connectivity index (χ4n) is 4.07. The topological polar surface area (TPSA) is 61.9 Å². The van der Waals surface area contributed by atoms with Crippen molar-refractivity contribution in [3.63, 3.8) is 0 Å². The fourth-order valence-corrected chi connectivity index (χ4v) is 4.07. The average Bonchev–Trinajstić information content (AvgIpc) is 3.49. The van der Waals surface area contributed by atoms with Crippen molar-refractivity contribution in [3.05, 3.63) is 29.8 Å². The monoisotopic (exact) mass is 417 g/mol. The number of amides is 1. The fraction of sp³-hybridized carbons (Fsp3) is 0.731. The number of rotatable bonds is 18. The molecule has 4 heteroatoms. The molecule has 1 amide bonds. The maximum absolute atomic E-state index is 11.9. The lowest BCUT2D eigenvalue weighted by molar-refractivity contribution is -0.121. The molecular formula is C26H43NO3. The van der Waals surface area contributed by atoms with E-state index >= 15 is 0 Å². The predicted molar refractivity (Wildman–Crippen MR) is 124 cm³/mol. The summed E-state index contributed by atoms with van der Waals surface area (Å²) in [5, 5.41) is 12.3. The van der Waals surface area contributed by atoms with E-state index in [9.17, 15) is 9.90 Å². The number of carbonyl (C=O) groups is 1. The second-order valence-corrected chi connectivity index (χ2v) is 8.84. The summed E-state index contributed by atoms with van der Waals surface area (Å²) in [7, 11) is 0. The molecular weight excluding hydrogens is 374 g/mol. The smallest absolute Gasteiger partial charge is 0.220 e. The number of epoxide rings is 1. The molecule has 170 valence electrons. The molecule has 0 radical (unpaired) electrons. The van der Waals surface area contributed by atoms with Gasteiger partial charge in [-0.15, -0.1) is 0 Å². The lowest BCUT2D eigenvalue weighted by atomic mass is 10.0. The summed E-state index contributed by atoms with van der Waals surface area (Å²) in [6, 6.07) is 7.15. The van der Waals surface area contributed by atoms with Gasteiger partial charge in [-0.3, -0.25) is 4.79 Å². The Labute approximate surface area is 183 Å². The molecule has 1 aliphatic heterocycles. The number of phenols is 1. The summed E-state index contributed by atoms with van der Waals surface area (Å²) in [4.78, 5) is 11.9. The Morgan fingerprint density at radius 1 is 0.867 bits per heavy atom. The molecule has 0 aromatic heterocycles. The van der Waals surface area contributed by atoms with Gasteiger partial charge in [0, 0.05) is 13.0 Å². The number of ether oxygens (including phenoxy) is 1. The number of unbranched alkanes of at least 4 members (excludes halogenated alkanes) is 9. The largest absolute Gasteiger partial charge is 0.508 e. The highest BCUT2D eigenvalue weighted by Crippen LogP contribution is 2.31. The first kappa shape index (κ1) is 24.7. The van der Waals surface area contributed by atoms with E-state index in [-0.39, 0.29) is 11.7 Å². The molecule has 4 nitrogen and oxygen atoms in total. The van der Waals surface area contributed by atoms with Crippen LogP contribution in [0.25, 0.3) is 0 Å². The zero-order chi connectivity index (χ0) is 21.4. The van der Waals surface area contributed by atoms with Crippen molar-refractivity contribution in [1.82, 2.24) is 5.32 Å². The van der Waals surface area contributed by atoms with E-state index in [1.165, 1.54) is 70.6 Å². The lowest BCUT2D eigenvalue weighted by Gasteiger charge is -2.06. The molecule has 2 atom stereocenters. The molecule has 0 aliphatic carbocycles. The van der Waals surface area contributed by atoms with Crippen molar-refractivity contribution in [1.29, 1.82) is 0 Å². The zero-order valence-corrected chi connectivity index (χ0v) is 19.0. The molecule has 1 aliphatic rings. The lowest BCUT2D eigenvalue weighted by Crippen LogP contribution is -2.25. The molecule has 2 N–H and O–H groups in total. The van der Waals surface area contributed by atoms with Crippen molar-refractivity contribution >= 4 is 5.91 Å². The van der Waals surface area contributed by atoms with Crippen molar-refractivity contribution in [2.45, 2.75) is 115 Å². The molecule has 1 heterocycles. The van der Waals surface area contributed by atoms with Gasteiger partial charge < -0.3 is 15.2 Å². The minimum absolute atomic E-state index is 0.151. The number of benzene rings is 1. The second kappa shape index (κ2) is 15.3. The van der Waals surface area contributed by atoms with Crippen LogP contribution in [0.2, 0.25) is 0 Å². The van der Waals surface area contributed by atoms with Crippen LogP contribution in [0.1, 0.15) is 102 Å². The van der Waals surface area contributed by atoms with Gasteiger partial charge in [0.15, 0.2) is 0 Å². The maximum Gasteiger partial charge on any atom is 0.220 e. The van der Waals surface area contributed by atoms with E-state index in [2.05, 4.69) is 12.2 Å². The summed E-state index contributed by atoms with van der Waals surface area (Å²) < 4.78 is 5.81. The molecule has 2 unspecified atom stereocenters. The summed E-state index contributed by atoms with van der Waals surface area (Å²) in [6.45, 7) is 2.92. The third-order valence-electron chi connectivity index (χ3n) is 6.09. The van der Waals surface area contributed by atoms with Gasteiger partial charge in [-0.05, 0) is 43.4 Å². The molecule has 0 saturated carbocycles. The molecule has 1 aromatic rings. The Morgan fingerprint density at radius 2 is 1.43 bits per heavy atom. The van der Waals surface area contributed by atoms with E-state index < -0.39 is 0 Å².